The third-order valence-corrected chi connectivity index (χ3v) is 4.08. The molecule has 1 amide bonds. The minimum absolute atomic E-state index is 0.183. The summed E-state index contributed by atoms with van der Waals surface area (Å²) in [6, 6.07) is 10.4. The lowest BCUT2D eigenvalue weighted by Crippen LogP contribution is -2.18. The van der Waals surface area contributed by atoms with E-state index in [0.29, 0.717) is 28.6 Å². The van der Waals surface area contributed by atoms with Gasteiger partial charge >= 0.3 is 5.97 Å². The molecule has 2 heterocycles. The fraction of sp³-hybridized carbons (Fsp3) is 0.111. The molecule has 0 aliphatic carbocycles. The third-order valence-electron chi connectivity index (χ3n) is 3.26. The number of pyridine rings is 1. The number of carbonyl (C=O) groups is 2. The third kappa shape index (κ3) is 4.33. The van der Waals surface area contributed by atoms with Gasteiger partial charge in [-0.05, 0) is 60.7 Å². The number of amides is 1. The summed E-state index contributed by atoms with van der Waals surface area (Å²) in [5, 5.41) is 2.54. The van der Waals surface area contributed by atoms with Crippen LogP contribution in [0, 0.1) is 0 Å². The Labute approximate surface area is 149 Å². The zero-order valence-corrected chi connectivity index (χ0v) is 14.2. The molecule has 0 radical (unpaired) electrons. The second-order valence-corrected chi connectivity index (χ2v) is 6.05. The monoisotopic (exact) mass is 353 g/mol. The lowest BCUT2D eigenvalue weighted by Gasteiger charge is -2.03. The molecule has 126 valence electrons. The molecule has 3 rings (SSSR count). The molecule has 1 aromatic carbocycles. The van der Waals surface area contributed by atoms with Crippen molar-refractivity contribution in [2.75, 3.05) is 6.61 Å². The van der Waals surface area contributed by atoms with E-state index in [2.05, 4.69) is 15.3 Å². The highest BCUT2D eigenvalue weighted by Crippen LogP contribution is 2.28. The molecule has 1 N–H and O–H groups in total. The molecule has 0 unspecified atom stereocenters. The van der Waals surface area contributed by atoms with Crippen LogP contribution in [0.2, 0.25) is 0 Å². The summed E-state index contributed by atoms with van der Waals surface area (Å²) in [4.78, 5) is 32.6. The lowest BCUT2D eigenvalue weighted by atomic mass is 10.2. The molecular formula is C18H15N3O3S. The minimum atomic E-state index is -0.372. The minimum Gasteiger partial charge on any atom is -0.462 e. The first-order chi connectivity index (χ1) is 12.2. The van der Waals surface area contributed by atoms with Crippen molar-refractivity contribution in [2.45, 2.75) is 6.92 Å². The fourth-order valence-electron chi connectivity index (χ4n) is 2.14. The van der Waals surface area contributed by atoms with Gasteiger partial charge in [-0.15, -0.1) is 0 Å². The maximum absolute atomic E-state index is 11.7. The van der Waals surface area contributed by atoms with Gasteiger partial charge in [0.15, 0.2) is 0 Å². The van der Waals surface area contributed by atoms with Gasteiger partial charge in [-0.2, -0.15) is 0 Å². The Bertz CT molecular complexity index is 846. The number of carbonyl (C=O) groups excluding carboxylic acids is 2. The van der Waals surface area contributed by atoms with E-state index < -0.39 is 0 Å². The smallest absolute Gasteiger partial charge is 0.338 e. The van der Waals surface area contributed by atoms with E-state index >= 15 is 0 Å². The molecule has 1 aliphatic rings. The van der Waals surface area contributed by atoms with Crippen LogP contribution in [0.15, 0.2) is 58.7 Å². The summed E-state index contributed by atoms with van der Waals surface area (Å²) < 4.78 is 4.95. The van der Waals surface area contributed by atoms with Gasteiger partial charge in [0.05, 0.1) is 22.8 Å². The van der Waals surface area contributed by atoms with Crippen LogP contribution < -0.4 is 5.32 Å². The molecular weight excluding hydrogens is 338 g/mol. The number of rotatable bonds is 4. The molecule has 1 fully saturated rings. The standard InChI is InChI=1S/C18H15N3O3S/c1-2-24-17(22)13-5-7-14(8-6-13)20-16-15(25-18(23)21-16)10-12-4-3-9-19-11-12/h3-11H,2H2,1H3,(H,20,21,23)/b15-10-. The molecule has 2 aromatic rings. The number of hydrogen-bond acceptors (Lipinski definition) is 6. The van der Waals surface area contributed by atoms with E-state index in [0.717, 1.165) is 17.3 Å². The quantitative estimate of drug-likeness (QED) is 0.846. The van der Waals surface area contributed by atoms with Gasteiger partial charge in [-0.25, -0.2) is 9.79 Å². The average Bonchev–Trinajstić information content (AvgIpc) is 2.95. The van der Waals surface area contributed by atoms with Crippen LogP contribution in [0.4, 0.5) is 10.5 Å². The number of esters is 1. The van der Waals surface area contributed by atoms with Gasteiger partial charge < -0.3 is 10.1 Å². The normalized spacial score (nSPS) is 16.9. The number of aliphatic imine (C=N–C) groups is 1. The number of aromatic nitrogens is 1. The SMILES string of the molecule is CCOC(=O)c1ccc(N=C2NC(=O)S/C2=C\c2cccnc2)cc1. The molecule has 0 atom stereocenters. The molecule has 1 aromatic heterocycles. The van der Waals surface area contributed by atoms with Crippen LogP contribution in [0.1, 0.15) is 22.8 Å². The van der Waals surface area contributed by atoms with Gasteiger partial charge in [0, 0.05) is 12.4 Å². The number of benzene rings is 1. The van der Waals surface area contributed by atoms with Gasteiger partial charge in [0.25, 0.3) is 5.24 Å². The molecule has 1 aliphatic heterocycles. The van der Waals surface area contributed by atoms with Crippen LogP contribution in [-0.2, 0) is 4.74 Å². The topological polar surface area (TPSA) is 80.6 Å². The van der Waals surface area contributed by atoms with Crippen LogP contribution >= 0.6 is 11.8 Å². The zero-order chi connectivity index (χ0) is 17.6. The summed E-state index contributed by atoms with van der Waals surface area (Å²) in [6.45, 7) is 2.09. The molecule has 25 heavy (non-hydrogen) atoms. The van der Waals surface area contributed by atoms with Crippen LogP contribution in [0.3, 0.4) is 0 Å². The Morgan fingerprint density at radius 3 is 2.80 bits per heavy atom. The highest BCUT2D eigenvalue weighted by molar-refractivity contribution is 8.18. The summed E-state index contributed by atoms with van der Waals surface area (Å²) in [5.41, 5.74) is 1.97. The van der Waals surface area contributed by atoms with E-state index in [1.54, 1.807) is 43.6 Å². The molecule has 7 heteroatoms. The predicted molar refractivity (Wildman–Crippen MR) is 97.8 cm³/mol. The van der Waals surface area contributed by atoms with Crippen LogP contribution in [-0.4, -0.2) is 28.6 Å². The lowest BCUT2D eigenvalue weighted by molar-refractivity contribution is 0.0526. The Balaban J connectivity index is 1.84. The first-order valence-electron chi connectivity index (χ1n) is 7.62. The first-order valence-corrected chi connectivity index (χ1v) is 8.44. The number of nitrogens with one attached hydrogen (secondary N) is 1. The number of amidine groups is 1. The van der Waals surface area contributed by atoms with Crippen molar-refractivity contribution < 1.29 is 14.3 Å². The predicted octanol–water partition coefficient (Wildman–Crippen LogP) is 3.79. The zero-order valence-electron chi connectivity index (χ0n) is 13.4. The highest BCUT2D eigenvalue weighted by atomic mass is 32.2. The van der Waals surface area contributed by atoms with E-state index in [1.807, 2.05) is 18.2 Å². The van der Waals surface area contributed by atoms with Gasteiger partial charge in [-0.1, -0.05) is 6.07 Å². The van der Waals surface area contributed by atoms with Gasteiger partial charge in [-0.3, -0.25) is 9.78 Å². The second kappa shape index (κ2) is 7.76. The van der Waals surface area contributed by atoms with Crippen LogP contribution in [0.25, 0.3) is 6.08 Å². The Morgan fingerprint density at radius 1 is 1.32 bits per heavy atom. The van der Waals surface area contributed by atoms with Crippen LogP contribution in [0.5, 0.6) is 0 Å². The average molecular weight is 353 g/mol. The Kier molecular flexibility index (Phi) is 5.25. The van der Waals surface area contributed by atoms with Crippen molar-refractivity contribution in [1.82, 2.24) is 10.3 Å². The number of thioether (sulfide) groups is 1. The summed E-state index contributed by atoms with van der Waals surface area (Å²) >= 11 is 1.08. The Hall–Kier alpha value is -2.93. The maximum atomic E-state index is 11.7. The summed E-state index contributed by atoms with van der Waals surface area (Å²) in [6.07, 6.45) is 5.25. The first kappa shape index (κ1) is 16.9. The van der Waals surface area contributed by atoms with Crippen molar-refractivity contribution in [2.24, 2.45) is 4.99 Å². The number of hydrogen-bond donors (Lipinski definition) is 1. The molecule has 6 nitrogen and oxygen atoms in total. The molecule has 0 bridgehead atoms. The molecule has 0 spiro atoms. The van der Waals surface area contributed by atoms with Crippen molar-refractivity contribution in [3.63, 3.8) is 0 Å². The van der Waals surface area contributed by atoms with Gasteiger partial charge in [0.2, 0.25) is 0 Å². The number of nitrogens with zero attached hydrogens (tertiary/aromatic N) is 2. The maximum Gasteiger partial charge on any atom is 0.338 e. The van der Waals surface area contributed by atoms with Gasteiger partial charge in [0.1, 0.15) is 5.84 Å². The van der Waals surface area contributed by atoms with E-state index in [1.165, 1.54) is 0 Å². The van der Waals surface area contributed by atoms with E-state index in [4.69, 9.17) is 4.74 Å². The fourth-order valence-corrected chi connectivity index (χ4v) is 2.88. The molecule has 0 saturated carbocycles. The van der Waals surface area contributed by atoms with Crippen molar-refractivity contribution in [1.29, 1.82) is 0 Å². The van der Waals surface area contributed by atoms with Crippen molar-refractivity contribution >= 4 is 40.6 Å². The second-order valence-electron chi connectivity index (χ2n) is 5.04. The van der Waals surface area contributed by atoms with Crippen molar-refractivity contribution in [3.05, 3.63) is 64.8 Å². The molecule has 1 saturated heterocycles. The summed E-state index contributed by atoms with van der Waals surface area (Å²) in [7, 11) is 0. The van der Waals surface area contributed by atoms with Crippen molar-refractivity contribution in [3.8, 4) is 0 Å². The Morgan fingerprint density at radius 2 is 2.12 bits per heavy atom. The highest BCUT2D eigenvalue weighted by Gasteiger charge is 2.23. The summed E-state index contributed by atoms with van der Waals surface area (Å²) in [5.74, 6) is 0.103. The van der Waals surface area contributed by atoms with E-state index in [9.17, 15) is 9.59 Å². The number of ether oxygens (including phenoxy) is 1. The largest absolute Gasteiger partial charge is 0.462 e. The van der Waals surface area contributed by atoms with E-state index in [-0.39, 0.29) is 11.2 Å².